The number of rotatable bonds is 4. The van der Waals surface area contributed by atoms with Crippen molar-refractivity contribution >= 4 is 22.9 Å². The van der Waals surface area contributed by atoms with Crippen LogP contribution in [0.15, 0.2) is 70.7 Å². The summed E-state index contributed by atoms with van der Waals surface area (Å²) in [7, 11) is 0. The summed E-state index contributed by atoms with van der Waals surface area (Å²) in [5.41, 5.74) is 1.16. The van der Waals surface area contributed by atoms with E-state index in [0.717, 1.165) is 10.5 Å². The van der Waals surface area contributed by atoms with Crippen LogP contribution in [0.4, 0.5) is 5.69 Å². The molecule has 27 heavy (non-hydrogen) atoms. The van der Waals surface area contributed by atoms with Crippen molar-refractivity contribution in [3.8, 4) is 5.69 Å². The van der Waals surface area contributed by atoms with E-state index in [-0.39, 0.29) is 11.1 Å². The van der Waals surface area contributed by atoms with Crippen molar-refractivity contribution in [1.29, 1.82) is 0 Å². The first-order chi connectivity index (χ1) is 13.1. The van der Waals surface area contributed by atoms with Crippen molar-refractivity contribution in [1.82, 2.24) is 24.9 Å². The average Bonchev–Trinajstić information content (AvgIpc) is 3.13. The topological polar surface area (TPSA) is 121 Å². The highest BCUT2D eigenvalue weighted by Crippen LogP contribution is 2.13. The number of fused-ring (bicyclic) bond motifs is 1. The van der Waals surface area contributed by atoms with Gasteiger partial charge in [0.15, 0.2) is 5.65 Å². The highest BCUT2D eigenvalue weighted by Gasteiger charge is 2.12. The molecule has 2 heterocycles. The van der Waals surface area contributed by atoms with Gasteiger partial charge in [-0.15, -0.1) is 5.10 Å². The summed E-state index contributed by atoms with van der Waals surface area (Å²) in [6.07, 6.45) is 2.78. The van der Waals surface area contributed by atoms with Crippen molar-refractivity contribution in [3.05, 3.63) is 86.8 Å². The first-order valence-corrected chi connectivity index (χ1v) is 7.81. The monoisotopic (exact) mass is 361 g/mol. The van der Waals surface area contributed by atoms with E-state index < -0.39 is 10.5 Å². The number of nitro groups is 1. The third-order valence-corrected chi connectivity index (χ3v) is 3.80. The van der Waals surface area contributed by atoms with Gasteiger partial charge in [-0.25, -0.2) is 4.68 Å². The Hall–Kier alpha value is -4.21. The predicted octanol–water partition coefficient (Wildman–Crippen LogP) is 1.77. The normalized spacial score (nSPS) is 11.3. The Bertz CT molecular complexity index is 1210. The quantitative estimate of drug-likeness (QED) is 0.310. The molecule has 0 N–H and O–H groups in total. The molecule has 0 atom stereocenters. The fourth-order valence-electron chi connectivity index (χ4n) is 2.46. The number of non-ortho nitro benzene ring substituents is 1. The van der Waals surface area contributed by atoms with E-state index in [1.807, 2.05) is 30.3 Å². The van der Waals surface area contributed by atoms with E-state index in [1.165, 1.54) is 41.4 Å². The summed E-state index contributed by atoms with van der Waals surface area (Å²) in [5.74, 6) is 0. The van der Waals surface area contributed by atoms with Crippen molar-refractivity contribution in [2.24, 2.45) is 5.10 Å². The highest BCUT2D eigenvalue weighted by atomic mass is 16.6. The van der Waals surface area contributed by atoms with E-state index in [0.29, 0.717) is 11.2 Å². The third kappa shape index (κ3) is 3.06. The summed E-state index contributed by atoms with van der Waals surface area (Å²) in [6.45, 7) is 0. The molecule has 0 saturated heterocycles. The van der Waals surface area contributed by atoms with Crippen LogP contribution in [0.1, 0.15) is 5.56 Å². The van der Waals surface area contributed by atoms with Crippen LogP contribution in [0.5, 0.6) is 0 Å². The molecule has 132 valence electrons. The third-order valence-electron chi connectivity index (χ3n) is 3.80. The van der Waals surface area contributed by atoms with E-state index in [9.17, 15) is 14.9 Å². The van der Waals surface area contributed by atoms with Gasteiger partial charge in [-0.05, 0) is 35.0 Å². The minimum Gasteiger partial charge on any atom is -0.265 e. The van der Waals surface area contributed by atoms with E-state index >= 15 is 0 Å². The molecule has 4 rings (SSSR count). The van der Waals surface area contributed by atoms with Gasteiger partial charge >= 0.3 is 5.56 Å². The Morgan fingerprint density at radius 2 is 1.81 bits per heavy atom. The van der Waals surface area contributed by atoms with Crippen LogP contribution in [0.2, 0.25) is 0 Å². The number of aromatic nitrogens is 5. The fourth-order valence-corrected chi connectivity index (χ4v) is 2.46. The van der Waals surface area contributed by atoms with Crippen LogP contribution in [0.3, 0.4) is 0 Å². The molecular formula is C17H11N7O3. The lowest BCUT2D eigenvalue weighted by Crippen LogP contribution is -2.21. The fraction of sp³-hybridized carbons (Fsp3) is 0. The Balaban J connectivity index is 1.68. The smallest absolute Gasteiger partial charge is 0.265 e. The number of hydrogen-bond donors (Lipinski definition) is 0. The molecule has 4 aromatic rings. The van der Waals surface area contributed by atoms with Crippen LogP contribution in [-0.2, 0) is 0 Å². The lowest BCUT2D eigenvalue weighted by molar-refractivity contribution is -0.384. The summed E-state index contributed by atoms with van der Waals surface area (Å²) in [6, 6.07) is 15.0. The Morgan fingerprint density at radius 3 is 2.52 bits per heavy atom. The summed E-state index contributed by atoms with van der Waals surface area (Å²) >= 11 is 0. The molecular weight excluding hydrogens is 350 g/mol. The maximum atomic E-state index is 12.5. The van der Waals surface area contributed by atoms with Gasteiger partial charge in [0.1, 0.15) is 5.39 Å². The standard InChI is InChI=1S/C17H11N7O3/c25-17-15-11-18-22(13-4-2-1-3-5-13)16(15)20-21-23(17)19-10-12-6-8-14(9-7-12)24(26)27/h1-11H/b19-10-. The molecule has 0 amide bonds. The average molecular weight is 361 g/mol. The number of nitro benzene ring substituents is 1. The van der Waals surface area contributed by atoms with E-state index in [4.69, 9.17) is 0 Å². The zero-order valence-electron chi connectivity index (χ0n) is 13.7. The van der Waals surface area contributed by atoms with Crippen molar-refractivity contribution in [2.75, 3.05) is 0 Å². The van der Waals surface area contributed by atoms with Gasteiger partial charge in [-0.2, -0.15) is 10.2 Å². The maximum Gasteiger partial charge on any atom is 0.302 e. The molecule has 0 aliphatic heterocycles. The van der Waals surface area contributed by atoms with Crippen LogP contribution in [0, 0.1) is 10.1 Å². The van der Waals surface area contributed by atoms with Crippen molar-refractivity contribution in [3.63, 3.8) is 0 Å². The molecule has 0 bridgehead atoms. The minimum atomic E-state index is -0.491. The predicted molar refractivity (Wildman–Crippen MR) is 97.0 cm³/mol. The van der Waals surface area contributed by atoms with Gasteiger partial charge in [-0.1, -0.05) is 23.0 Å². The molecule has 10 nitrogen and oxygen atoms in total. The molecule has 0 radical (unpaired) electrons. The second-order valence-electron chi connectivity index (χ2n) is 5.51. The van der Waals surface area contributed by atoms with Gasteiger partial charge in [-0.3, -0.25) is 14.9 Å². The second-order valence-corrected chi connectivity index (χ2v) is 5.51. The minimum absolute atomic E-state index is 0.0288. The molecule has 2 aromatic carbocycles. The zero-order chi connectivity index (χ0) is 18.8. The molecule has 0 spiro atoms. The van der Waals surface area contributed by atoms with E-state index in [1.54, 1.807) is 0 Å². The Morgan fingerprint density at radius 1 is 1.07 bits per heavy atom. The number of benzene rings is 2. The Kier molecular flexibility index (Phi) is 3.97. The van der Waals surface area contributed by atoms with Crippen LogP contribution >= 0.6 is 0 Å². The molecule has 2 aromatic heterocycles. The van der Waals surface area contributed by atoms with Crippen LogP contribution in [0.25, 0.3) is 16.7 Å². The van der Waals surface area contributed by atoms with Crippen LogP contribution in [-0.4, -0.2) is 36.0 Å². The largest absolute Gasteiger partial charge is 0.302 e. The number of nitrogens with zero attached hydrogens (tertiary/aromatic N) is 7. The SMILES string of the molecule is O=c1c2cnn(-c3ccccc3)c2nnn1/N=C\c1ccc([N+](=O)[O-])cc1. The lowest BCUT2D eigenvalue weighted by atomic mass is 10.2. The number of hydrogen-bond acceptors (Lipinski definition) is 7. The molecule has 0 fully saturated rings. The highest BCUT2D eigenvalue weighted by molar-refractivity contribution is 5.80. The van der Waals surface area contributed by atoms with E-state index in [2.05, 4.69) is 20.5 Å². The molecule has 0 unspecified atom stereocenters. The summed E-state index contributed by atoms with van der Waals surface area (Å²) < 4.78 is 1.52. The molecule has 10 heteroatoms. The summed E-state index contributed by atoms with van der Waals surface area (Å²) in [4.78, 5) is 23.6. The Labute approximate surface area is 151 Å². The summed E-state index contributed by atoms with van der Waals surface area (Å²) in [5, 5.41) is 27.0. The lowest BCUT2D eigenvalue weighted by Gasteiger charge is -2.01. The van der Waals surface area contributed by atoms with Crippen LogP contribution < -0.4 is 5.56 Å². The van der Waals surface area contributed by atoms with Crippen molar-refractivity contribution < 1.29 is 4.92 Å². The molecule has 0 aliphatic rings. The zero-order valence-corrected chi connectivity index (χ0v) is 13.7. The second kappa shape index (κ2) is 6.59. The van der Waals surface area contributed by atoms with Gasteiger partial charge in [0, 0.05) is 12.1 Å². The van der Waals surface area contributed by atoms with Gasteiger partial charge in [0.25, 0.3) is 5.69 Å². The van der Waals surface area contributed by atoms with Gasteiger partial charge in [0.05, 0.1) is 23.0 Å². The molecule has 0 saturated carbocycles. The first-order valence-electron chi connectivity index (χ1n) is 7.81. The number of para-hydroxylation sites is 1. The molecule has 0 aliphatic carbocycles. The first kappa shape index (κ1) is 16.3. The van der Waals surface area contributed by atoms with Gasteiger partial charge < -0.3 is 0 Å². The van der Waals surface area contributed by atoms with Gasteiger partial charge in [0.2, 0.25) is 0 Å². The van der Waals surface area contributed by atoms with Crippen molar-refractivity contribution in [2.45, 2.75) is 0 Å². The maximum absolute atomic E-state index is 12.5.